The van der Waals surface area contributed by atoms with E-state index in [0.29, 0.717) is 6.54 Å². The van der Waals surface area contributed by atoms with Gasteiger partial charge in [-0.15, -0.1) is 0 Å². The van der Waals surface area contributed by atoms with Crippen molar-refractivity contribution in [3.05, 3.63) is 52.3 Å². The van der Waals surface area contributed by atoms with Crippen LogP contribution in [0, 0.1) is 0 Å². The summed E-state index contributed by atoms with van der Waals surface area (Å²) in [6.45, 7) is 0.518. The minimum Gasteiger partial charge on any atom is -0.325 e. The van der Waals surface area contributed by atoms with Gasteiger partial charge in [0.05, 0.1) is 11.4 Å². The summed E-state index contributed by atoms with van der Waals surface area (Å²) in [5.41, 5.74) is 8.88. The zero-order valence-electron chi connectivity index (χ0n) is 9.15. The summed E-state index contributed by atoms with van der Waals surface area (Å²) in [5.74, 6) is 0. The summed E-state index contributed by atoms with van der Waals surface area (Å²) in [6.07, 6.45) is 0.811. The van der Waals surface area contributed by atoms with Crippen molar-refractivity contribution in [2.45, 2.75) is 13.0 Å². The van der Waals surface area contributed by atoms with Gasteiger partial charge in [0.2, 0.25) is 0 Å². The normalized spacial score (nSPS) is 10.7. The molecule has 2 rings (SSSR count). The fourth-order valence-electron chi connectivity index (χ4n) is 1.66. The van der Waals surface area contributed by atoms with E-state index in [9.17, 15) is 0 Å². The molecule has 84 valence electrons. The van der Waals surface area contributed by atoms with Gasteiger partial charge in [0.15, 0.2) is 0 Å². The molecule has 3 nitrogen and oxygen atoms in total. The molecular formula is C12H14ClN3. The van der Waals surface area contributed by atoms with Crippen LogP contribution >= 0.6 is 11.6 Å². The number of hydrogen-bond donors (Lipinski definition) is 1. The Labute approximate surface area is 99.8 Å². The average molecular weight is 236 g/mol. The van der Waals surface area contributed by atoms with Crippen molar-refractivity contribution in [1.29, 1.82) is 0 Å². The molecule has 0 fully saturated rings. The van der Waals surface area contributed by atoms with Crippen molar-refractivity contribution in [3.8, 4) is 0 Å². The molecule has 2 N–H and O–H groups in total. The monoisotopic (exact) mass is 235 g/mol. The van der Waals surface area contributed by atoms with Gasteiger partial charge in [-0.25, -0.2) is 0 Å². The van der Waals surface area contributed by atoms with Crippen molar-refractivity contribution >= 4 is 11.6 Å². The molecule has 0 atom stereocenters. The summed E-state index contributed by atoms with van der Waals surface area (Å²) in [4.78, 5) is 0. The van der Waals surface area contributed by atoms with Crippen LogP contribution in [0.2, 0.25) is 5.02 Å². The Kier molecular flexibility index (Phi) is 3.27. The third kappa shape index (κ3) is 2.43. The Morgan fingerprint density at radius 2 is 2.00 bits per heavy atom. The van der Waals surface area contributed by atoms with Gasteiger partial charge >= 0.3 is 0 Å². The number of benzene rings is 1. The number of aromatic nitrogens is 2. The molecule has 1 aromatic heterocycles. The van der Waals surface area contributed by atoms with E-state index in [1.165, 1.54) is 5.56 Å². The predicted octanol–water partition coefficient (Wildman–Crippen LogP) is 2.12. The molecule has 0 unspecified atom stereocenters. The van der Waals surface area contributed by atoms with E-state index >= 15 is 0 Å². The first kappa shape index (κ1) is 11.2. The average Bonchev–Trinajstić information content (AvgIpc) is 2.62. The number of halogens is 1. The standard InChI is InChI=1S/C12H14ClN3/c1-16-12(8-14)7-11(15-16)6-9-2-4-10(13)5-3-9/h2-5,7H,6,8,14H2,1H3. The third-order valence-corrected chi connectivity index (χ3v) is 2.79. The van der Waals surface area contributed by atoms with Gasteiger partial charge in [0, 0.05) is 25.0 Å². The minimum atomic E-state index is 0.518. The van der Waals surface area contributed by atoms with Gasteiger partial charge in [0.1, 0.15) is 0 Å². The largest absolute Gasteiger partial charge is 0.325 e. The Morgan fingerprint density at radius 1 is 1.31 bits per heavy atom. The number of aryl methyl sites for hydroxylation is 1. The molecule has 0 saturated heterocycles. The van der Waals surface area contributed by atoms with E-state index in [-0.39, 0.29) is 0 Å². The van der Waals surface area contributed by atoms with E-state index in [1.807, 2.05) is 42.1 Å². The van der Waals surface area contributed by atoms with Crippen molar-refractivity contribution in [1.82, 2.24) is 9.78 Å². The van der Waals surface area contributed by atoms with E-state index in [4.69, 9.17) is 17.3 Å². The molecule has 0 aliphatic carbocycles. The summed E-state index contributed by atoms with van der Waals surface area (Å²) in [5, 5.41) is 5.16. The van der Waals surface area contributed by atoms with Crippen molar-refractivity contribution in [2.24, 2.45) is 12.8 Å². The molecule has 16 heavy (non-hydrogen) atoms. The maximum Gasteiger partial charge on any atom is 0.0671 e. The Bertz CT molecular complexity index is 474. The van der Waals surface area contributed by atoms with Crippen LogP contribution < -0.4 is 5.73 Å². The molecule has 0 radical (unpaired) electrons. The highest BCUT2D eigenvalue weighted by atomic mass is 35.5. The van der Waals surface area contributed by atoms with Crippen LogP contribution in [0.15, 0.2) is 30.3 Å². The molecule has 0 aliphatic rings. The fourth-order valence-corrected chi connectivity index (χ4v) is 1.79. The van der Waals surface area contributed by atoms with Crippen LogP contribution in [0.3, 0.4) is 0 Å². The number of nitrogens with zero attached hydrogens (tertiary/aromatic N) is 2. The molecule has 0 spiro atoms. The molecule has 4 heteroatoms. The van der Waals surface area contributed by atoms with Crippen LogP contribution in [-0.2, 0) is 20.0 Å². The minimum absolute atomic E-state index is 0.518. The molecule has 0 amide bonds. The predicted molar refractivity (Wildman–Crippen MR) is 65.4 cm³/mol. The van der Waals surface area contributed by atoms with Crippen LogP contribution in [0.1, 0.15) is 17.0 Å². The van der Waals surface area contributed by atoms with Gasteiger partial charge < -0.3 is 5.73 Å². The second-order valence-corrected chi connectivity index (χ2v) is 4.19. The lowest BCUT2D eigenvalue weighted by molar-refractivity contribution is 0.701. The van der Waals surface area contributed by atoms with Crippen molar-refractivity contribution in [3.63, 3.8) is 0 Å². The first-order chi connectivity index (χ1) is 7.69. The lowest BCUT2D eigenvalue weighted by Gasteiger charge is -1.97. The summed E-state index contributed by atoms with van der Waals surface area (Å²) < 4.78 is 1.82. The lowest BCUT2D eigenvalue weighted by Crippen LogP contribution is -2.03. The quantitative estimate of drug-likeness (QED) is 0.886. The van der Waals surface area contributed by atoms with E-state index < -0.39 is 0 Å². The van der Waals surface area contributed by atoms with Crippen LogP contribution in [0.25, 0.3) is 0 Å². The molecular weight excluding hydrogens is 222 g/mol. The SMILES string of the molecule is Cn1nc(Cc2ccc(Cl)cc2)cc1CN. The zero-order chi connectivity index (χ0) is 11.5. The number of nitrogens with two attached hydrogens (primary N) is 1. The fraction of sp³-hybridized carbons (Fsp3) is 0.250. The topological polar surface area (TPSA) is 43.8 Å². The highest BCUT2D eigenvalue weighted by molar-refractivity contribution is 6.30. The highest BCUT2D eigenvalue weighted by Crippen LogP contribution is 2.13. The van der Waals surface area contributed by atoms with Gasteiger partial charge in [-0.05, 0) is 23.8 Å². The van der Waals surface area contributed by atoms with Crippen molar-refractivity contribution in [2.75, 3.05) is 0 Å². The maximum absolute atomic E-state index is 5.83. The third-order valence-electron chi connectivity index (χ3n) is 2.53. The molecule has 1 aromatic carbocycles. The summed E-state index contributed by atoms with van der Waals surface area (Å²) in [6, 6.07) is 9.85. The first-order valence-corrected chi connectivity index (χ1v) is 5.53. The second kappa shape index (κ2) is 4.68. The van der Waals surface area contributed by atoms with E-state index in [0.717, 1.165) is 22.8 Å². The van der Waals surface area contributed by atoms with E-state index in [2.05, 4.69) is 5.10 Å². The molecule has 2 aromatic rings. The molecule has 1 heterocycles. The zero-order valence-corrected chi connectivity index (χ0v) is 9.91. The Hall–Kier alpha value is -1.32. The van der Waals surface area contributed by atoms with Gasteiger partial charge in [0.25, 0.3) is 0 Å². The second-order valence-electron chi connectivity index (χ2n) is 3.76. The highest BCUT2D eigenvalue weighted by Gasteiger charge is 2.04. The smallest absolute Gasteiger partial charge is 0.0671 e. The number of hydrogen-bond acceptors (Lipinski definition) is 2. The molecule has 0 aliphatic heterocycles. The first-order valence-electron chi connectivity index (χ1n) is 5.15. The summed E-state index contributed by atoms with van der Waals surface area (Å²) >= 11 is 5.83. The van der Waals surface area contributed by atoms with Crippen LogP contribution in [-0.4, -0.2) is 9.78 Å². The summed E-state index contributed by atoms with van der Waals surface area (Å²) in [7, 11) is 1.91. The van der Waals surface area contributed by atoms with Crippen LogP contribution in [0.5, 0.6) is 0 Å². The lowest BCUT2D eigenvalue weighted by atomic mass is 10.1. The van der Waals surface area contributed by atoms with Crippen molar-refractivity contribution < 1.29 is 0 Å². The van der Waals surface area contributed by atoms with E-state index in [1.54, 1.807) is 0 Å². The Balaban J connectivity index is 2.17. The Morgan fingerprint density at radius 3 is 2.56 bits per heavy atom. The molecule has 0 saturated carbocycles. The van der Waals surface area contributed by atoms with Crippen LogP contribution in [0.4, 0.5) is 0 Å². The maximum atomic E-state index is 5.83. The van der Waals surface area contributed by atoms with Gasteiger partial charge in [-0.2, -0.15) is 5.10 Å². The van der Waals surface area contributed by atoms with Gasteiger partial charge in [-0.1, -0.05) is 23.7 Å². The number of rotatable bonds is 3. The molecule has 0 bridgehead atoms. The van der Waals surface area contributed by atoms with Gasteiger partial charge in [-0.3, -0.25) is 4.68 Å².